The van der Waals surface area contributed by atoms with Crippen LogP contribution in [-0.4, -0.2) is 53.5 Å². The fourth-order valence-electron chi connectivity index (χ4n) is 3.45. The van der Waals surface area contributed by atoms with Gasteiger partial charge in [0.25, 0.3) is 5.56 Å². The Bertz CT molecular complexity index is 1110. The molecule has 1 saturated heterocycles. The third-order valence-corrected chi connectivity index (χ3v) is 4.96. The van der Waals surface area contributed by atoms with Gasteiger partial charge in [-0.25, -0.2) is 9.78 Å². The van der Waals surface area contributed by atoms with Crippen molar-refractivity contribution in [1.29, 1.82) is 0 Å². The summed E-state index contributed by atoms with van der Waals surface area (Å²) in [6, 6.07) is 13.1. The summed E-state index contributed by atoms with van der Waals surface area (Å²) in [5.41, 5.74) is 1.39. The number of benzene rings is 2. The zero-order valence-corrected chi connectivity index (χ0v) is 16.9. The first-order valence-corrected chi connectivity index (χ1v) is 9.74. The predicted molar refractivity (Wildman–Crippen MR) is 111 cm³/mol. The van der Waals surface area contributed by atoms with Gasteiger partial charge in [-0.05, 0) is 18.6 Å². The van der Waals surface area contributed by atoms with Crippen LogP contribution in [0.2, 0.25) is 0 Å². The van der Waals surface area contributed by atoms with Crippen LogP contribution < -0.4 is 15.0 Å². The minimum Gasteiger partial charge on any atom is -0.493 e. The molecule has 2 heterocycles. The van der Waals surface area contributed by atoms with Gasteiger partial charge in [-0.2, -0.15) is 0 Å². The molecule has 0 saturated carbocycles. The molecule has 2 aromatic carbocycles. The summed E-state index contributed by atoms with van der Waals surface area (Å²) in [4.78, 5) is 30.7. The number of nitrogens with zero attached hydrogens (tertiary/aromatic N) is 3. The average molecular weight is 409 g/mol. The molecular formula is C22H23N3O5. The van der Waals surface area contributed by atoms with Gasteiger partial charge in [-0.3, -0.25) is 9.36 Å². The van der Waals surface area contributed by atoms with E-state index >= 15 is 0 Å². The molecule has 4 rings (SSSR count). The number of methoxy groups -OCH3 is 1. The van der Waals surface area contributed by atoms with Crippen molar-refractivity contribution in [2.45, 2.75) is 19.6 Å². The van der Waals surface area contributed by atoms with Crippen molar-refractivity contribution in [3.63, 3.8) is 0 Å². The van der Waals surface area contributed by atoms with E-state index in [-0.39, 0.29) is 24.4 Å². The number of aromatic nitrogens is 2. The van der Waals surface area contributed by atoms with Crippen molar-refractivity contribution < 1.29 is 19.0 Å². The van der Waals surface area contributed by atoms with E-state index in [0.717, 1.165) is 5.56 Å². The summed E-state index contributed by atoms with van der Waals surface area (Å²) in [5, 5.41) is 0.443. The van der Waals surface area contributed by atoms with Crippen molar-refractivity contribution in [3.05, 3.63) is 64.7 Å². The lowest BCUT2D eigenvalue weighted by atomic mass is 10.2. The normalized spacial score (nSPS) is 16.0. The van der Waals surface area contributed by atoms with Gasteiger partial charge in [0, 0.05) is 6.07 Å². The maximum absolute atomic E-state index is 13.0. The zero-order valence-electron chi connectivity index (χ0n) is 16.9. The van der Waals surface area contributed by atoms with Crippen LogP contribution in [-0.2, 0) is 11.3 Å². The van der Waals surface area contributed by atoms with Crippen LogP contribution in [0, 0.1) is 0 Å². The Balaban J connectivity index is 1.57. The van der Waals surface area contributed by atoms with Crippen molar-refractivity contribution >= 4 is 17.0 Å². The minimum absolute atomic E-state index is 0.123. The highest BCUT2D eigenvalue weighted by atomic mass is 16.6. The lowest BCUT2D eigenvalue weighted by Crippen LogP contribution is -2.29. The van der Waals surface area contributed by atoms with Gasteiger partial charge < -0.3 is 19.1 Å². The Morgan fingerprint density at radius 2 is 1.97 bits per heavy atom. The predicted octanol–water partition coefficient (Wildman–Crippen LogP) is 2.67. The molecule has 1 aliphatic heterocycles. The second-order valence-corrected chi connectivity index (χ2v) is 7.17. The van der Waals surface area contributed by atoms with E-state index in [9.17, 15) is 9.59 Å². The Labute approximate surface area is 173 Å². The molecule has 1 unspecified atom stereocenters. The molecule has 0 N–H and O–H groups in total. The highest BCUT2D eigenvalue weighted by molar-refractivity contribution is 5.81. The lowest BCUT2D eigenvalue weighted by molar-refractivity contribution is 0.135. The first-order valence-electron chi connectivity index (χ1n) is 9.74. The van der Waals surface area contributed by atoms with Gasteiger partial charge in [0.2, 0.25) is 0 Å². The van der Waals surface area contributed by atoms with E-state index in [1.165, 1.54) is 13.4 Å². The van der Waals surface area contributed by atoms with E-state index in [2.05, 4.69) is 4.98 Å². The number of carbonyl (C=O) groups is 1. The van der Waals surface area contributed by atoms with Crippen LogP contribution in [0.3, 0.4) is 0 Å². The highest BCUT2D eigenvalue weighted by Gasteiger charge is 2.27. The van der Waals surface area contributed by atoms with Gasteiger partial charge in [-0.15, -0.1) is 0 Å². The van der Waals surface area contributed by atoms with Crippen LogP contribution >= 0.6 is 0 Å². The standard InChI is InChI=1S/C22H23N3O5/c1-15-12-24(22(27)30-15)8-9-29-20-10-17-18(11-19(20)28-2)23-14-25(21(17)26)13-16-6-4-3-5-7-16/h3-7,10-11,14-15H,8-9,12-13H2,1-2H3. The molecule has 0 spiro atoms. The molecule has 30 heavy (non-hydrogen) atoms. The number of carbonyl (C=O) groups excluding carboxylic acids is 1. The second-order valence-electron chi connectivity index (χ2n) is 7.17. The first-order chi connectivity index (χ1) is 14.5. The van der Waals surface area contributed by atoms with Crippen molar-refractivity contribution in [3.8, 4) is 11.5 Å². The topological polar surface area (TPSA) is 82.9 Å². The summed E-state index contributed by atoms with van der Waals surface area (Å²) in [5.74, 6) is 0.912. The molecule has 1 aliphatic rings. The van der Waals surface area contributed by atoms with Gasteiger partial charge in [0.15, 0.2) is 11.5 Å². The smallest absolute Gasteiger partial charge is 0.410 e. The summed E-state index contributed by atoms with van der Waals surface area (Å²) >= 11 is 0. The maximum Gasteiger partial charge on any atom is 0.410 e. The second kappa shape index (κ2) is 8.44. The Morgan fingerprint density at radius 1 is 1.17 bits per heavy atom. The fourth-order valence-corrected chi connectivity index (χ4v) is 3.45. The SMILES string of the molecule is COc1cc2ncn(Cc3ccccc3)c(=O)c2cc1OCCN1CC(C)OC1=O. The minimum atomic E-state index is -0.343. The van der Waals surface area contributed by atoms with Crippen molar-refractivity contribution in [2.75, 3.05) is 26.8 Å². The summed E-state index contributed by atoms with van der Waals surface area (Å²) in [6.45, 7) is 3.45. The van der Waals surface area contributed by atoms with Gasteiger partial charge >= 0.3 is 6.09 Å². The molecular weight excluding hydrogens is 386 g/mol. The molecule has 0 aliphatic carbocycles. The molecule has 1 fully saturated rings. The number of hydrogen-bond acceptors (Lipinski definition) is 6. The van der Waals surface area contributed by atoms with Crippen molar-refractivity contribution in [1.82, 2.24) is 14.5 Å². The molecule has 156 valence electrons. The van der Waals surface area contributed by atoms with E-state index < -0.39 is 0 Å². The fraction of sp³-hybridized carbons (Fsp3) is 0.318. The van der Waals surface area contributed by atoms with Gasteiger partial charge in [0.05, 0.1) is 44.0 Å². The Kier molecular flexibility index (Phi) is 5.56. The number of rotatable bonds is 7. The number of fused-ring (bicyclic) bond motifs is 1. The Morgan fingerprint density at radius 3 is 2.67 bits per heavy atom. The number of ether oxygens (including phenoxy) is 3. The maximum atomic E-state index is 13.0. The van der Waals surface area contributed by atoms with Crippen LogP contribution in [0.25, 0.3) is 10.9 Å². The van der Waals surface area contributed by atoms with E-state index in [1.807, 2.05) is 37.3 Å². The largest absolute Gasteiger partial charge is 0.493 e. The van der Waals surface area contributed by atoms with Crippen molar-refractivity contribution in [2.24, 2.45) is 0 Å². The van der Waals surface area contributed by atoms with Crippen LogP contribution in [0.5, 0.6) is 11.5 Å². The van der Waals surface area contributed by atoms with E-state index in [0.29, 0.717) is 42.0 Å². The summed E-state index contributed by atoms with van der Waals surface area (Å²) in [7, 11) is 1.53. The average Bonchev–Trinajstić information content (AvgIpc) is 3.07. The van der Waals surface area contributed by atoms with Crippen LogP contribution in [0.15, 0.2) is 53.6 Å². The number of amides is 1. The third kappa shape index (κ3) is 4.07. The monoisotopic (exact) mass is 409 g/mol. The molecule has 1 aromatic heterocycles. The first kappa shape index (κ1) is 19.8. The molecule has 1 amide bonds. The van der Waals surface area contributed by atoms with E-state index in [4.69, 9.17) is 14.2 Å². The van der Waals surface area contributed by atoms with E-state index in [1.54, 1.807) is 21.6 Å². The molecule has 8 heteroatoms. The molecule has 1 atom stereocenters. The van der Waals surface area contributed by atoms with Crippen LogP contribution in [0.4, 0.5) is 4.79 Å². The summed E-state index contributed by atoms with van der Waals surface area (Å²) in [6.07, 6.45) is 1.07. The number of cyclic esters (lactones) is 1. The van der Waals surface area contributed by atoms with Crippen LogP contribution in [0.1, 0.15) is 12.5 Å². The molecule has 0 bridgehead atoms. The van der Waals surface area contributed by atoms with Gasteiger partial charge in [-0.1, -0.05) is 30.3 Å². The quantitative estimate of drug-likeness (QED) is 0.597. The molecule has 3 aromatic rings. The molecule has 0 radical (unpaired) electrons. The molecule has 8 nitrogen and oxygen atoms in total. The lowest BCUT2D eigenvalue weighted by Gasteiger charge is -2.15. The van der Waals surface area contributed by atoms with Gasteiger partial charge in [0.1, 0.15) is 12.7 Å². The number of hydrogen-bond donors (Lipinski definition) is 0. The highest BCUT2D eigenvalue weighted by Crippen LogP contribution is 2.30. The Hall–Kier alpha value is -3.55. The summed E-state index contributed by atoms with van der Waals surface area (Å²) < 4.78 is 17.9. The third-order valence-electron chi connectivity index (χ3n) is 4.96. The zero-order chi connectivity index (χ0) is 21.1.